The number of nitrogens with one attached hydrogen (secondary N) is 1. The van der Waals surface area contributed by atoms with E-state index >= 15 is 0 Å². The van der Waals surface area contributed by atoms with E-state index in [1.54, 1.807) is 4.90 Å². The Labute approximate surface area is 210 Å². The molecule has 2 amide bonds. The number of rotatable bonds is 11. The number of ether oxygens (including phenoxy) is 1. The van der Waals surface area contributed by atoms with E-state index in [9.17, 15) is 9.59 Å². The number of hydrogen-bond donors (Lipinski definition) is 1. The third-order valence-electron chi connectivity index (χ3n) is 6.05. The van der Waals surface area contributed by atoms with Gasteiger partial charge in [0, 0.05) is 12.6 Å². The molecule has 0 saturated heterocycles. The minimum Gasteiger partial charge on any atom is -0.483 e. The molecule has 3 rings (SSSR count). The number of carbonyl (C=O) groups is 2. The Bertz CT molecular complexity index is 1100. The summed E-state index contributed by atoms with van der Waals surface area (Å²) in [7, 11) is 0. The molecule has 0 heterocycles. The zero-order valence-corrected chi connectivity index (χ0v) is 21.7. The lowest BCUT2D eigenvalue weighted by Gasteiger charge is -2.31. The molecule has 0 spiro atoms. The zero-order valence-electron chi connectivity index (χ0n) is 20.1. The van der Waals surface area contributed by atoms with Crippen LogP contribution in [0.1, 0.15) is 39.2 Å². The average Bonchev–Trinajstić information content (AvgIpc) is 2.86. The summed E-state index contributed by atoms with van der Waals surface area (Å²) in [6.07, 6.45) is 2.03. The highest BCUT2D eigenvalue weighted by molar-refractivity contribution is 9.10. The van der Waals surface area contributed by atoms with Gasteiger partial charge in [0.15, 0.2) is 6.61 Å². The van der Waals surface area contributed by atoms with E-state index in [0.29, 0.717) is 25.1 Å². The molecule has 3 aromatic carbocycles. The topological polar surface area (TPSA) is 58.6 Å². The largest absolute Gasteiger partial charge is 0.483 e. The van der Waals surface area contributed by atoms with Crippen LogP contribution in [0.2, 0.25) is 0 Å². The van der Waals surface area contributed by atoms with Gasteiger partial charge in [0.2, 0.25) is 5.91 Å². The highest BCUT2D eigenvalue weighted by Crippen LogP contribution is 2.33. The Balaban J connectivity index is 1.77. The first kappa shape index (κ1) is 25.8. The Hall–Kier alpha value is -2.86. The van der Waals surface area contributed by atoms with E-state index in [0.717, 1.165) is 27.2 Å². The quantitative estimate of drug-likeness (QED) is 0.347. The van der Waals surface area contributed by atoms with Crippen LogP contribution in [0, 0.1) is 0 Å². The molecule has 0 aliphatic carbocycles. The molecule has 180 valence electrons. The van der Waals surface area contributed by atoms with Crippen molar-refractivity contribution < 1.29 is 14.3 Å². The lowest BCUT2D eigenvalue weighted by Crippen LogP contribution is -2.52. The predicted molar refractivity (Wildman–Crippen MR) is 141 cm³/mol. The van der Waals surface area contributed by atoms with Gasteiger partial charge in [0.05, 0.1) is 4.47 Å². The first-order valence-corrected chi connectivity index (χ1v) is 12.7. The molecule has 5 nitrogen and oxygen atoms in total. The van der Waals surface area contributed by atoms with Gasteiger partial charge in [0.25, 0.3) is 5.91 Å². The van der Waals surface area contributed by atoms with Crippen molar-refractivity contribution in [3.05, 3.63) is 76.8 Å². The molecule has 0 aliphatic rings. The van der Waals surface area contributed by atoms with E-state index in [1.165, 1.54) is 0 Å². The molecule has 0 aromatic heterocycles. The minimum absolute atomic E-state index is 0.0532. The molecular formula is C28H33BrN2O3. The fraction of sp³-hybridized carbons (Fsp3) is 0.357. The second kappa shape index (κ2) is 12.6. The summed E-state index contributed by atoms with van der Waals surface area (Å²) in [4.78, 5) is 28.1. The van der Waals surface area contributed by atoms with Crippen molar-refractivity contribution in [3.8, 4) is 5.75 Å². The molecule has 3 aromatic rings. The van der Waals surface area contributed by atoms with Gasteiger partial charge < -0.3 is 15.0 Å². The van der Waals surface area contributed by atoms with Crippen LogP contribution in [0.4, 0.5) is 0 Å². The maximum Gasteiger partial charge on any atom is 0.261 e. The number of nitrogens with zero attached hydrogens (tertiary/aromatic N) is 1. The second-order valence-electron chi connectivity index (χ2n) is 8.45. The van der Waals surface area contributed by atoms with Crippen LogP contribution in [0.5, 0.6) is 5.75 Å². The smallest absolute Gasteiger partial charge is 0.261 e. The second-order valence-corrected chi connectivity index (χ2v) is 9.25. The van der Waals surface area contributed by atoms with E-state index in [-0.39, 0.29) is 24.5 Å². The molecule has 0 bridgehead atoms. The number of halogens is 1. The van der Waals surface area contributed by atoms with Gasteiger partial charge in [-0.15, -0.1) is 0 Å². The van der Waals surface area contributed by atoms with Crippen molar-refractivity contribution in [2.75, 3.05) is 13.2 Å². The van der Waals surface area contributed by atoms with Gasteiger partial charge in [-0.05, 0) is 64.5 Å². The normalized spacial score (nSPS) is 12.7. The van der Waals surface area contributed by atoms with Crippen LogP contribution < -0.4 is 10.1 Å². The van der Waals surface area contributed by atoms with Crippen molar-refractivity contribution in [1.82, 2.24) is 10.2 Å². The number of hydrogen-bond acceptors (Lipinski definition) is 3. The highest BCUT2D eigenvalue weighted by atomic mass is 79.9. The maximum atomic E-state index is 13.4. The molecule has 0 aliphatic heterocycles. The summed E-state index contributed by atoms with van der Waals surface area (Å²) < 4.78 is 6.76. The third kappa shape index (κ3) is 6.60. The lowest BCUT2D eigenvalue weighted by atomic mass is 10.1. The maximum absolute atomic E-state index is 13.4. The predicted octanol–water partition coefficient (Wildman–Crippen LogP) is 5.75. The Kier molecular flexibility index (Phi) is 9.52. The van der Waals surface area contributed by atoms with Crippen LogP contribution in [0.15, 0.2) is 71.2 Å². The summed E-state index contributed by atoms with van der Waals surface area (Å²) in [6, 6.07) is 21.3. The standard InChI is InChI=1S/C28H33BrN2O3/c1-4-20(3)30-28(33)24(5-2)31(18-17-21-11-7-6-8-12-21)26(32)19-34-25-16-15-22-13-9-10-14-23(22)27(25)29/h6-16,20,24H,4-5,17-19H2,1-3H3,(H,30,33)/t20-,24-/m0/s1. The first-order chi connectivity index (χ1) is 16.4. The molecule has 0 fully saturated rings. The van der Waals surface area contributed by atoms with Crippen molar-refractivity contribution in [2.24, 2.45) is 0 Å². The summed E-state index contributed by atoms with van der Waals surface area (Å²) in [5.74, 6) is 0.277. The van der Waals surface area contributed by atoms with Gasteiger partial charge in [-0.3, -0.25) is 9.59 Å². The van der Waals surface area contributed by atoms with Gasteiger partial charge in [-0.2, -0.15) is 0 Å². The van der Waals surface area contributed by atoms with Gasteiger partial charge in [-0.1, -0.05) is 74.5 Å². The molecule has 0 saturated carbocycles. The molecular weight excluding hydrogens is 492 g/mol. The molecule has 2 atom stereocenters. The van der Waals surface area contributed by atoms with Crippen LogP contribution >= 0.6 is 15.9 Å². The number of fused-ring (bicyclic) bond motifs is 1. The minimum atomic E-state index is -0.547. The fourth-order valence-electron chi connectivity index (χ4n) is 3.88. The highest BCUT2D eigenvalue weighted by Gasteiger charge is 2.29. The van der Waals surface area contributed by atoms with Crippen LogP contribution in [0.25, 0.3) is 10.8 Å². The Morgan fingerprint density at radius 3 is 2.38 bits per heavy atom. The monoisotopic (exact) mass is 524 g/mol. The lowest BCUT2D eigenvalue weighted by molar-refractivity contribution is -0.142. The summed E-state index contributed by atoms with van der Waals surface area (Å²) in [5, 5.41) is 5.15. The van der Waals surface area contributed by atoms with Crippen LogP contribution in [-0.4, -0.2) is 41.9 Å². The van der Waals surface area contributed by atoms with Crippen LogP contribution in [-0.2, 0) is 16.0 Å². The molecule has 0 radical (unpaired) electrons. The van der Waals surface area contributed by atoms with Crippen molar-refractivity contribution in [1.29, 1.82) is 0 Å². The Morgan fingerprint density at radius 1 is 0.971 bits per heavy atom. The summed E-state index contributed by atoms with van der Waals surface area (Å²) in [6.45, 7) is 6.24. The van der Waals surface area contributed by atoms with Gasteiger partial charge >= 0.3 is 0 Å². The molecule has 0 unspecified atom stereocenters. The van der Waals surface area contributed by atoms with Gasteiger partial charge in [0.1, 0.15) is 11.8 Å². The zero-order chi connectivity index (χ0) is 24.5. The van der Waals surface area contributed by atoms with Crippen LogP contribution in [0.3, 0.4) is 0 Å². The fourth-order valence-corrected chi connectivity index (χ4v) is 4.49. The van der Waals surface area contributed by atoms with E-state index in [1.807, 2.05) is 87.5 Å². The third-order valence-corrected chi connectivity index (χ3v) is 6.87. The van der Waals surface area contributed by atoms with E-state index < -0.39 is 6.04 Å². The van der Waals surface area contributed by atoms with Crippen molar-refractivity contribution in [3.63, 3.8) is 0 Å². The Morgan fingerprint density at radius 2 is 1.68 bits per heavy atom. The van der Waals surface area contributed by atoms with Gasteiger partial charge in [-0.25, -0.2) is 0 Å². The average molecular weight is 525 g/mol. The van der Waals surface area contributed by atoms with E-state index in [2.05, 4.69) is 21.2 Å². The molecule has 34 heavy (non-hydrogen) atoms. The van der Waals surface area contributed by atoms with Crippen molar-refractivity contribution >= 4 is 38.5 Å². The van der Waals surface area contributed by atoms with Crippen molar-refractivity contribution in [2.45, 2.75) is 52.1 Å². The SMILES string of the molecule is CC[C@H](C)NC(=O)[C@H](CC)N(CCc1ccccc1)C(=O)COc1ccc2ccccc2c1Br. The first-order valence-electron chi connectivity index (χ1n) is 11.9. The number of benzene rings is 3. The summed E-state index contributed by atoms with van der Waals surface area (Å²) in [5.41, 5.74) is 1.12. The molecule has 1 N–H and O–H groups in total. The summed E-state index contributed by atoms with van der Waals surface area (Å²) >= 11 is 3.62. The van der Waals surface area contributed by atoms with E-state index in [4.69, 9.17) is 4.74 Å². The number of amides is 2. The number of carbonyl (C=O) groups excluding carboxylic acids is 2. The molecule has 6 heteroatoms.